The number of hydrogen-bond donors (Lipinski definition) is 2. The van der Waals surface area contributed by atoms with Crippen molar-refractivity contribution in [3.63, 3.8) is 0 Å². The molecule has 2 rings (SSSR count). The summed E-state index contributed by atoms with van der Waals surface area (Å²) in [7, 11) is 2.26. The van der Waals surface area contributed by atoms with Gasteiger partial charge >= 0.3 is 5.97 Å². The Morgan fingerprint density at radius 1 is 1.29 bits per heavy atom. The highest BCUT2D eigenvalue weighted by Crippen LogP contribution is 2.41. The van der Waals surface area contributed by atoms with Gasteiger partial charge in [-0.3, -0.25) is 19.3 Å². The molecule has 0 saturated carbocycles. The van der Waals surface area contributed by atoms with Crippen LogP contribution in [0.15, 0.2) is 24.3 Å². The lowest BCUT2D eigenvalue weighted by Gasteiger charge is -2.46. The first-order chi connectivity index (χ1) is 11.1. The van der Waals surface area contributed by atoms with Gasteiger partial charge in [0.1, 0.15) is 0 Å². The molecule has 0 saturated heterocycles. The van der Waals surface area contributed by atoms with E-state index in [0.717, 1.165) is 14.0 Å². The molecule has 1 aliphatic rings. The van der Waals surface area contributed by atoms with E-state index in [-0.39, 0.29) is 11.1 Å². The summed E-state index contributed by atoms with van der Waals surface area (Å²) in [5.41, 5.74) is -4.65. The van der Waals surface area contributed by atoms with Gasteiger partial charge in [-0.15, -0.1) is 0 Å². The van der Waals surface area contributed by atoms with Gasteiger partial charge in [-0.05, 0) is 13.0 Å². The van der Waals surface area contributed by atoms with E-state index in [1.807, 2.05) is 0 Å². The van der Waals surface area contributed by atoms with Gasteiger partial charge in [0.25, 0.3) is 11.8 Å². The summed E-state index contributed by atoms with van der Waals surface area (Å²) in [4.78, 5) is 49.7. The first kappa shape index (κ1) is 17.6. The number of hydrogen-bond acceptors (Lipinski definition) is 6. The summed E-state index contributed by atoms with van der Waals surface area (Å²) < 4.78 is 4.69. The number of aliphatic hydroxyl groups is 1. The summed E-state index contributed by atoms with van der Waals surface area (Å²) in [5.74, 6) is -3.32. The fraction of sp³-hybridized carbons (Fsp3) is 0.375. The monoisotopic (exact) mass is 334 g/mol. The van der Waals surface area contributed by atoms with Gasteiger partial charge in [0.15, 0.2) is 5.54 Å². The number of benzene rings is 1. The predicted molar refractivity (Wildman–Crippen MR) is 81.7 cm³/mol. The Bertz CT molecular complexity index is 746. The number of rotatable bonds is 3. The number of ether oxygens (including phenoxy) is 1. The van der Waals surface area contributed by atoms with Crippen LogP contribution in [0.25, 0.3) is 0 Å². The Kier molecular flexibility index (Phi) is 4.19. The van der Waals surface area contributed by atoms with Gasteiger partial charge in [0.2, 0.25) is 11.5 Å². The van der Waals surface area contributed by atoms with E-state index in [9.17, 15) is 24.3 Å². The molecule has 0 bridgehead atoms. The molecule has 8 nitrogen and oxygen atoms in total. The van der Waals surface area contributed by atoms with Gasteiger partial charge in [-0.2, -0.15) is 0 Å². The van der Waals surface area contributed by atoms with E-state index in [2.05, 4.69) is 5.32 Å². The molecule has 24 heavy (non-hydrogen) atoms. The number of esters is 1. The predicted octanol–water partition coefficient (Wildman–Crippen LogP) is -0.446. The van der Waals surface area contributed by atoms with Crippen molar-refractivity contribution in [1.82, 2.24) is 10.2 Å². The number of nitrogens with one attached hydrogen (secondary N) is 1. The average molecular weight is 334 g/mol. The lowest BCUT2D eigenvalue weighted by atomic mass is 9.71. The van der Waals surface area contributed by atoms with Gasteiger partial charge in [0, 0.05) is 25.1 Å². The SMILES string of the molecule is COC(=O)[C@@](C)(NC(C)=O)[C@]1(O)C(=O)N(C)C(=O)c2ccccc21. The Morgan fingerprint density at radius 2 is 1.88 bits per heavy atom. The topological polar surface area (TPSA) is 113 Å². The number of imide groups is 1. The highest BCUT2D eigenvalue weighted by atomic mass is 16.5. The summed E-state index contributed by atoms with van der Waals surface area (Å²) in [6.45, 7) is 2.32. The standard InChI is InChI=1S/C16H18N2O6/c1-9(19)17-15(2,14(22)24-4)16(23)11-8-6-5-7-10(11)12(20)18(3)13(16)21/h5-8,23H,1-4H3,(H,17,19)/t15-,16-/m1/s1. The van der Waals surface area contributed by atoms with Crippen molar-refractivity contribution in [1.29, 1.82) is 0 Å². The molecule has 0 spiro atoms. The van der Waals surface area contributed by atoms with Crippen LogP contribution >= 0.6 is 0 Å². The van der Waals surface area contributed by atoms with E-state index >= 15 is 0 Å². The van der Waals surface area contributed by atoms with Crippen molar-refractivity contribution in [3.05, 3.63) is 35.4 Å². The molecule has 1 aromatic carbocycles. The lowest BCUT2D eigenvalue weighted by Crippen LogP contribution is -2.72. The summed E-state index contributed by atoms with van der Waals surface area (Å²) in [6, 6.07) is 5.87. The highest BCUT2D eigenvalue weighted by molar-refractivity contribution is 6.14. The molecule has 0 fully saturated rings. The first-order valence-electron chi connectivity index (χ1n) is 7.12. The van der Waals surface area contributed by atoms with E-state index in [0.29, 0.717) is 4.90 Å². The van der Waals surface area contributed by atoms with Crippen LogP contribution < -0.4 is 5.32 Å². The van der Waals surface area contributed by atoms with E-state index in [1.165, 1.54) is 32.2 Å². The third kappa shape index (κ3) is 2.18. The number of amides is 3. The second-order valence-corrected chi connectivity index (χ2v) is 5.72. The van der Waals surface area contributed by atoms with Crippen LogP contribution in [0.5, 0.6) is 0 Å². The molecule has 0 aliphatic carbocycles. The number of carbonyl (C=O) groups excluding carboxylic acids is 4. The minimum atomic E-state index is -2.51. The number of carbonyl (C=O) groups is 4. The first-order valence-corrected chi connectivity index (χ1v) is 7.12. The van der Waals surface area contributed by atoms with Crippen LogP contribution in [-0.4, -0.2) is 53.4 Å². The number of methoxy groups -OCH3 is 1. The van der Waals surface area contributed by atoms with Gasteiger partial charge in [-0.1, -0.05) is 18.2 Å². The molecule has 0 radical (unpaired) electrons. The molecule has 2 atom stereocenters. The second kappa shape index (κ2) is 5.72. The van der Waals surface area contributed by atoms with Crippen molar-refractivity contribution in [2.24, 2.45) is 0 Å². The van der Waals surface area contributed by atoms with Gasteiger partial charge < -0.3 is 15.2 Å². The van der Waals surface area contributed by atoms with Gasteiger partial charge in [-0.25, -0.2) is 4.79 Å². The highest BCUT2D eigenvalue weighted by Gasteiger charge is 2.64. The number of likely N-dealkylation sites (N-methyl/N-ethyl adjacent to an activating group) is 1. The largest absolute Gasteiger partial charge is 0.467 e. The van der Waals surface area contributed by atoms with E-state index in [1.54, 1.807) is 6.07 Å². The van der Waals surface area contributed by atoms with E-state index in [4.69, 9.17) is 4.74 Å². The molecule has 128 valence electrons. The van der Waals surface area contributed by atoms with Crippen LogP contribution in [0.2, 0.25) is 0 Å². The fourth-order valence-electron chi connectivity index (χ4n) is 2.94. The molecular formula is C16H18N2O6. The van der Waals surface area contributed by atoms with E-state index < -0.39 is 34.8 Å². The van der Waals surface area contributed by atoms with Gasteiger partial charge in [0.05, 0.1) is 7.11 Å². The third-order valence-corrected chi connectivity index (χ3v) is 4.21. The maximum Gasteiger partial charge on any atom is 0.335 e. The molecule has 1 heterocycles. The minimum Gasteiger partial charge on any atom is -0.467 e. The smallest absolute Gasteiger partial charge is 0.335 e. The molecule has 8 heteroatoms. The van der Waals surface area contributed by atoms with Crippen molar-refractivity contribution in [2.45, 2.75) is 25.0 Å². The molecule has 0 aromatic heterocycles. The summed E-state index contributed by atoms with van der Waals surface area (Å²) >= 11 is 0. The minimum absolute atomic E-state index is 0.0579. The van der Waals surface area contributed by atoms with Crippen molar-refractivity contribution in [2.75, 3.05) is 14.2 Å². The Labute approximate surface area is 138 Å². The van der Waals surface area contributed by atoms with Crippen molar-refractivity contribution in [3.8, 4) is 0 Å². The maximum absolute atomic E-state index is 12.8. The summed E-state index contributed by atoms with van der Waals surface area (Å²) in [6.07, 6.45) is 0. The second-order valence-electron chi connectivity index (χ2n) is 5.72. The van der Waals surface area contributed by atoms with Crippen LogP contribution in [0, 0.1) is 0 Å². The van der Waals surface area contributed by atoms with Crippen LogP contribution in [-0.2, 0) is 24.7 Å². The third-order valence-electron chi connectivity index (χ3n) is 4.21. The number of fused-ring (bicyclic) bond motifs is 1. The zero-order valence-electron chi connectivity index (χ0n) is 13.7. The van der Waals surface area contributed by atoms with Crippen LogP contribution in [0.1, 0.15) is 29.8 Å². The Morgan fingerprint density at radius 3 is 2.42 bits per heavy atom. The molecule has 1 aromatic rings. The number of nitrogens with zero attached hydrogens (tertiary/aromatic N) is 1. The van der Waals surface area contributed by atoms with Crippen molar-refractivity contribution < 1.29 is 29.0 Å². The lowest BCUT2D eigenvalue weighted by molar-refractivity contribution is -0.177. The molecule has 0 unspecified atom stereocenters. The average Bonchev–Trinajstić information content (AvgIpc) is 2.56. The normalized spacial score (nSPS) is 22.5. The van der Waals surface area contributed by atoms with Crippen molar-refractivity contribution >= 4 is 23.7 Å². The maximum atomic E-state index is 12.8. The van der Waals surface area contributed by atoms with Crippen LogP contribution in [0.4, 0.5) is 0 Å². The Hall–Kier alpha value is -2.74. The molecule has 1 aliphatic heterocycles. The quantitative estimate of drug-likeness (QED) is 0.572. The zero-order chi connectivity index (χ0) is 18.3. The molecular weight excluding hydrogens is 316 g/mol. The molecule has 3 amide bonds. The zero-order valence-corrected chi connectivity index (χ0v) is 13.7. The summed E-state index contributed by atoms with van der Waals surface area (Å²) in [5, 5.41) is 13.6. The molecule has 2 N–H and O–H groups in total. The fourth-order valence-corrected chi connectivity index (χ4v) is 2.94. The van der Waals surface area contributed by atoms with Crippen LogP contribution in [0.3, 0.4) is 0 Å². The Balaban J connectivity index is 2.82.